The van der Waals surface area contributed by atoms with Crippen molar-refractivity contribution in [1.82, 2.24) is 14.9 Å². The topological polar surface area (TPSA) is 93.4 Å². The molecule has 1 aromatic carbocycles. The fraction of sp³-hybridized carbons (Fsp3) is 0.500. The molecule has 1 N–H and O–H groups in total. The van der Waals surface area contributed by atoms with Crippen LogP contribution in [0.4, 0.5) is 11.5 Å². The van der Waals surface area contributed by atoms with Gasteiger partial charge in [0.2, 0.25) is 5.82 Å². The van der Waals surface area contributed by atoms with E-state index in [2.05, 4.69) is 39.2 Å². The smallest absolute Gasteiger partial charge is 0.329 e. The molecule has 0 bridgehead atoms. The van der Waals surface area contributed by atoms with E-state index < -0.39 is 4.92 Å². The number of nitro groups is 1. The molecule has 0 aliphatic carbocycles. The zero-order valence-electron chi connectivity index (χ0n) is 16.3. The van der Waals surface area contributed by atoms with Gasteiger partial charge in [0.05, 0.1) is 11.5 Å². The lowest BCUT2D eigenvalue weighted by atomic mass is 10.1. The van der Waals surface area contributed by atoms with Gasteiger partial charge in [0.25, 0.3) is 0 Å². The summed E-state index contributed by atoms with van der Waals surface area (Å²) in [6, 6.07) is 8.44. The molecule has 0 unspecified atom stereocenters. The summed E-state index contributed by atoms with van der Waals surface area (Å²) in [4.78, 5) is 21.4. The van der Waals surface area contributed by atoms with E-state index in [1.807, 2.05) is 12.1 Å². The highest BCUT2D eigenvalue weighted by atomic mass is 16.6. The first-order valence-corrected chi connectivity index (χ1v) is 9.84. The molecule has 1 saturated heterocycles. The fourth-order valence-electron chi connectivity index (χ4n) is 3.22. The maximum absolute atomic E-state index is 11.3. The number of aromatic nitrogens is 2. The molecule has 3 rings (SSSR count). The van der Waals surface area contributed by atoms with E-state index in [1.54, 1.807) is 0 Å². The summed E-state index contributed by atoms with van der Waals surface area (Å²) in [5, 5.41) is 14.4. The van der Waals surface area contributed by atoms with Gasteiger partial charge in [-0.2, -0.15) is 9.97 Å². The van der Waals surface area contributed by atoms with Crippen LogP contribution in [0.25, 0.3) is 0 Å². The third kappa shape index (κ3) is 5.63. The van der Waals surface area contributed by atoms with E-state index in [0.717, 1.165) is 38.0 Å². The van der Waals surface area contributed by atoms with Crippen LogP contribution in [0.1, 0.15) is 43.7 Å². The van der Waals surface area contributed by atoms with E-state index in [-0.39, 0.29) is 17.5 Å². The SMILES string of the molecule is CCCCOc1ncc([N+](=O)[O-])c(NCc2cccc(CN3CCCC3)c2)n1. The average Bonchev–Trinajstić information content (AvgIpc) is 3.20. The van der Waals surface area contributed by atoms with Crippen LogP contribution >= 0.6 is 0 Å². The third-order valence-electron chi connectivity index (χ3n) is 4.73. The first-order chi connectivity index (χ1) is 13.7. The van der Waals surface area contributed by atoms with Gasteiger partial charge in [-0.3, -0.25) is 15.0 Å². The Labute approximate surface area is 165 Å². The first-order valence-electron chi connectivity index (χ1n) is 9.84. The molecule has 1 aliphatic rings. The van der Waals surface area contributed by atoms with E-state index in [0.29, 0.717) is 13.2 Å². The number of nitrogens with zero attached hydrogens (tertiary/aromatic N) is 4. The van der Waals surface area contributed by atoms with Crippen molar-refractivity contribution in [2.75, 3.05) is 25.0 Å². The summed E-state index contributed by atoms with van der Waals surface area (Å²) in [5.74, 6) is 0.177. The molecule has 8 heteroatoms. The number of benzene rings is 1. The number of hydrogen-bond donors (Lipinski definition) is 1. The van der Waals surface area contributed by atoms with Crippen LogP contribution < -0.4 is 10.1 Å². The zero-order chi connectivity index (χ0) is 19.8. The van der Waals surface area contributed by atoms with Gasteiger partial charge in [-0.05, 0) is 43.5 Å². The molecule has 150 valence electrons. The molecule has 2 aromatic rings. The summed E-state index contributed by atoms with van der Waals surface area (Å²) < 4.78 is 5.48. The Balaban J connectivity index is 1.66. The van der Waals surface area contributed by atoms with E-state index in [1.165, 1.54) is 24.6 Å². The normalized spacial score (nSPS) is 14.2. The molecule has 0 amide bonds. The van der Waals surface area contributed by atoms with Crippen molar-refractivity contribution < 1.29 is 9.66 Å². The van der Waals surface area contributed by atoms with Gasteiger partial charge in [-0.25, -0.2) is 0 Å². The largest absolute Gasteiger partial charge is 0.463 e. The van der Waals surface area contributed by atoms with E-state index in [4.69, 9.17) is 4.74 Å². The highest BCUT2D eigenvalue weighted by Crippen LogP contribution is 2.24. The molecule has 2 heterocycles. The van der Waals surface area contributed by atoms with Crippen molar-refractivity contribution >= 4 is 11.5 Å². The number of rotatable bonds is 10. The molecular formula is C20H27N5O3. The second-order valence-corrected chi connectivity index (χ2v) is 7.00. The van der Waals surface area contributed by atoms with Crippen molar-refractivity contribution in [2.45, 2.75) is 45.7 Å². The van der Waals surface area contributed by atoms with Crippen LogP contribution in [-0.2, 0) is 13.1 Å². The number of unbranched alkanes of at least 4 members (excludes halogenated alkanes) is 1. The minimum Gasteiger partial charge on any atom is -0.463 e. The van der Waals surface area contributed by atoms with Crippen molar-refractivity contribution in [2.24, 2.45) is 0 Å². The molecule has 1 aliphatic heterocycles. The highest BCUT2D eigenvalue weighted by molar-refractivity contribution is 5.55. The minimum atomic E-state index is -0.484. The Bertz CT molecular complexity index is 793. The quantitative estimate of drug-likeness (QED) is 0.378. The van der Waals surface area contributed by atoms with Crippen LogP contribution in [0.3, 0.4) is 0 Å². The van der Waals surface area contributed by atoms with Gasteiger partial charge in [0.1, 0.15) is 6.20 Å². The fourth-order valence-corrected chi connectivity index (χ4v) is 3.22. The van der Waals surface area contributed by atoms with Crippen LogP contribution in [-0.4, -0.2) is 39.5 Å². The Hall–Kier alpha value is -2.74. The lowest BCUT2D eigenvalue weighted by Gasteiger charge is -2.15. The maximum Gasteiger partial charge on any atom is 0.329 e. The van der Waals surface area contributed by atoms with Crippen LogP contribution in [0.15, 0.2) is 30.5 Å². The van der Waals surface area contributed by atoms with Crippen molar-refractivity contribution in [3.05, 3.63) is 51.7 Å². The van der Waals surface area contributed by atoms with Gasteiger partial charge in [0, 0.05) is 13.1 Å². The predicted molar refractivity (Wildman–Crippen MR) is 107 cm³/mol. The molecule has 0 spiro atoms. The monoisotopic (exact) mass is 385 g/mol. The van der Waals surface area contributed by atoms with E-state index in [9.17, 15) is 10.1 Å². The molecule has 0 radical (unpaired) electrons. The summed E-state index contributed by atoms with van der Waals surface area (Å²) >= 11 is 0. The molecule has 28 heavy (non-hydrogen) atoms. The Kier molecular flexibility index (Phi) is 7.13. The standard InChI is InChI=1S/C20H27N5O3/c1-2-3-11-28-20-22-14-18(25(26)27)19(23-20)21-13-16-7-6-8-17(12-16)15-24-9-4-5-10-24/h6-8,12,14H,2-5,9-11,13,15H2,1H3,(H,21,22,23). The summed E-state index contributed by atoms with van der Waals surface area (Å²) in [5.41, 5.74) is 2.15. The highest BCUT2D eigenvalue weighted by Gasteiger charge is 2.18. The van der Waals surface area contributed by atoms with Gasteiger partial charge < -0.3 is 10.1 Å². The lowest BCUT2D eigenvalue weighted by molar-refractivity contribution is -0.384. The number of likely N-dealkylation sites (tertiary alicyclic amines) is 1. The maximum atomic E-state index is 11.3. The lowest BCUT2D eigenvalue weighted by Crippen LogP contribution is -2.18. The van der Waals surface area contributed by atoms with Crippen LogP contribution in [0.2, 0.25) is 0 Å². The number of nitrogens with one attached hydrogen (secondary N) is 1. The first kappa shape index (κ1) is 20.0. The van der Waals surface area contributed by atoms with Crippen LogP contribution in [0.5, 0.6) is 6.01 Å². The number of hydrogen-bond acceptors (Lipinski definition) is 7. The number of anilines is 1. The average molecular weight is 385 g/mol. The van der Waals surface area contributed by atoms with Crippen LogP contribution in [0, 0.1) is 10.1 Å². The predicted octanol–water partition coefficient (Wildman–Crippen LogP) is 3.77. The van der Waals surface area contributed by atoms with E-state index >= 15 is 0 Å². The minimum absolute atomic E-state index is 0.156. The summed E-state index contributed by atoms with van der Waals surface area (Å²) in [6.07, 6.45) is 5.60. The number of ether oxygens (including phenoxy) is 1. The zero-order valence-corrected chi connectivity index (χ0v) is 16.3. The van der Waals surface area contributed by atoms with Crippen molar-refractivity contribution in [3.8, 4) is 6.01 Å². The van der Waals surface area contributed by atoms with Gasteiger partial charge in [-0.15, -0.1) is 0 Å². The summed E-state index contributed by atoms with van der Waals surface area (Å²) in [6.45, 7) is 6.24. The molecule has 8 nitrogen and oxygen atoms in total. The van der Waals surface area contributed by atoms with Gasteiger partial charge in [0.15, 0.2) is 0 Å². The second-order valence-electron chi connectivity index (χ2n) is 7.00. The molecule has 1 aromatic heterocycles. The van der Waals surface area contributed by atoms with Gasteiger partial charge in [-0.1, -0.05) is 37.6 Å². The Morgan fingerprint density at radius 2 is 2.07 bits per heavy atom. The van der Waals surface area contributed by atoms with Gasteiger partial charge >= 0.3 is 11.7 Å². The van der Waals surface area contributed by atoms with Crippen molar-refractivity contribution in [3.63, 3.8) is 0 Å². The molecule has 0 saturated carbocycles. The molecular weight excluding hydrogens is 358 g/mol. The second kappa shape index (κ2) is 9.98. The van der Waals surface area contributed by atoms with Crippen molar-refractivity contribution in [1.29, 1.82) is 0 Å². The molecule has 0 atom stereocenters. The Morgan fingerprint density at radius 1 is 1.29 bits per heavy atom. The molecule has 1 fully saturated rings. The Morgan fingerprint density at radius 3 is 2.82 bits per heavy atom. The third-order valence-corrected chi connectivity index (χ3v) is 4.73. The summed E-state index contributed by atoms with van der Waals surface area (Å²) in [7, 11) is 0.